The molecule has 4 amide bonds. The van der Waals surface area contributed by atoms with E-state index in [1.54, 1.807) is 55.6 Å². The van der Waals surface area contributed by atoms with Crippen LogP contribution < -0.4 is 15.4 Å². The zero-order valence-corrected chi connectivity index (χ0v) is 15.2. The van der Waals surface area contributed by atoms with Gasteiger partial charge in [-0.3, -0.25) is 14.5 Å². The maximum atomic E-state index is 12.3. The average Bonchev–Trinajstić information content (AvgIpc) is 2.96. The molecule has 0 radical (unpaired) electrons. The molecule has 2 N–H and O–H groups in total. The second-order valence-electron chi connectivity index (χ2n) is 6.21. The normalized spacial score (nSPS) is 16.2. The maximum Gasteiger partial charge on any atom is 0.325 e. The highest BCUT2D eigenvalue weighted by atomic mass is 16.5. The van der Waals surface area contributed by atoms with Crippen molar-refractivity contribution in [3.63, 3.8) is 0 Å². The molecule has 7 heteroatoms. The number of ether oxygens (including phenoxy) is 1. The highest BCUT2D eigenvalue weighted by molar-refractivity contribution is 6.05. The topological polar surface area (TPSA) is 87.7 Å². The van der Waals surface area contributed by atoms with Gasteiger partial charge in [0.05, 0.1) is 13.7 Å². The molecule has 1 aliphatic rings. The quantitative estimate of drug-likeness (QED) is 0.769. The van der Waals surface area contributed by atoms with Crippen LogP contribution in [0.15, 0.2) is 48.5 Å². The molecular formula is C20H21N3O4. The first-order valence-electron chi connectivity index (χ1n) is 8.68. The summed E-state index contributed by atoms with van der Waals surface area (Å²) in [6.07, 6.45) is 0.561. The zero-order valence-electron chi connectivity index (χ0n) is 15.2. The molecule has 7 nitrogen and oxygen atoms in total. The third-order valence-corrected chi connectivity index (χ3v) is 4.42. The Balaban J connectivity index is 1.63. The predicted molar refractivity (Wildman–Crippen MR) is 101 cm³/mol. The van der Waals surface area contributed by atoms with Crippen LogP contribution in [0.25, 0.3) is 0 Å². The van der Waals surface area contributed by atoms with Gasteiger partial charge in [0.2, 0.25) is 0 Å². The van der Waals surface area contributed by atoms with E-state index in [0.717, 1.165) is 5.56 Å². The van der Waals surface area contributed by atoms with Gasteiger partial charge in [0.1, 0.15) is 11.8 Å². The van der Waals surface area contributed by atoms with Gasteiger partial charge in [-0.05, 0) is 48.4 Å². The van der Waals surface area contributed by atoms with E-state index in [9.17, 15) is 14.4 Å². The number of carbonyl (C=O) groups is 3. The van der Waals surface area contributed by atoms with E-state index in [1.807, 2.05) is 6.92 Å². The van der Waals surface area contributed by atoms with E-state index in [1.165, 1.54) is 4.90 Å². The fourth-order valence-corrected chi connectivity index (χ4v) is 2.83. The summed E-state index contributed by atoms with van der Waals surface area (Å²) in [5, 5.41) is 5.46. The van der Waals surface area contributed by atoms with Crippen molar-refractivity contribution in [3.05, 3.63) is 59.7 Å². The molecule has 0 saturated carbocycles. The number of urea groups is 1. The molecule has 27 heavy (non-hydrogen) atoms. The van der Waals surface area contributed by atoms with Gasteiger partial charge in [0.15, 0.2) is 0 Å². The van der Waals surface area contributed by atoms with E-state index in [4.69, 9.17) is 4.74 Å². The van der Waals surface area contributed by atoms with Crippen molar-refractivity contribution < 1.29 is 19.1 Å². The van der Waals surface area contributed by atoms with Crippen molar-refractivity contribution in [2.24, 2.45) is 0 Å². The fourth-order valence-electron chi connectivity index (χ4n) is 2.83. The second-order valence-corrected chi connectivity index (χ2v) is 6.21. The Morgan fingerprint density at radius 2 is 1.78 bits per heavy atom. The monoisotopic (exact) mass is 367 g/mol. The molecule has 1 saturated heterocycles. The van der Waals surface area contributed by atoms with E-state index in [0.29, 0.717) is 23.4 Å². The molecule has 2 aromatic carbocycles. The molecule has 0 spiro atoms. The summed E-state index contributed by atoms with van der Waals surface area (Å²) in [6.45, 7) is 2.03. The van der Waals surface area contributed by atoms with Crippen molar-refractivity contribution in [1.29, 1.82) is 0 Å². The molecule has 0 aromatic heterocycles. The minimum absolute atomic E-state index is 0.182. The number of nitrogens with zero attached hydrogens (tertiary/aromatic N) is 1. The summed E-state index contributed by atoms with van der Waals surface area (Å²) in [5.41, 5.74) is 1.92. The lowest BCUT2D eigenvalue weighted by Gasteiger charge is -2.13. The van der Waals surface area contributed by atoms with Gasteiger partial charge >= 0.3 is 6.03 Å². The Bertz CT molecular complexity index is 847. The lowest BCUT2D eigenvalue weighted by molar-refractivity contribution is -0.127. The highest BCUT2D eigenvalue weighted by Crippen LogP contribution is 2.17. The van der Waals surface area contributed by atoms with Crippen molar-refractivity contribution in [2.45, 2.75) is 25.9 Å². The van der Waals surface area contributed by atoms with E-state index >= 15 is 0 Å². The predicted octanol–water partition coefficient (Wildman–Crippen LogP) is 2.78. The molecule has 1 atom stereocenters. The lowest BCUT2D eigenvalue weighted by atomic mass is 10.1. The Kier molecular flexibility index (Phi) is 5.40. The Hall–Kier alpha value is -3.35. The highest BCUT2D eigenvalue weighted by Gasteiger charge is 2.36. The molecule has 1 heterocycles. The Morgan fingerprint density at radius 1 is 1.11 bits per heavy atom. The number of amides is 4. The fraction of sp³-hybridized carbons (Fsp3) is 0.250. The van der Waals surface area contributed by atoms with Crippen LogP contribution >= 0.6 is 0 Å². The molecule has 1 aliphatic heterocycles. The first kappa shape index (κ1) is 18.4. The van der Waals surface area contributed by atoms with Gasteiger partial charge in [-0.15, -0.1) is 0 Å². The van der Waals surface area contributed by atoms with Crippen LogP contribution in [0, 0.1) is 0 Å². The smallest absolute Gasteiger partial charge is 0.325 e. The van der Waals surface area contributed by atoms with Gasteiger partial charge in [-0.25, -0.2) is 4.79 Å². The third kappa shape index (κ3) is 4.08. The first-order valence-corrected chi connectivity index (χ1v) is 8.68. The minimum Gasteiger partial charge on any atom is -0.497 e. The number of methoxy groups -OCH3 is 1. The van der Waals surface area contributed by atoms with E-state index in [2.05, 4.69) is 10.6 Å². The first-order chi connectivity index (χ1) is 13.0. The summed E-state index contributed by atoms with van der Waals surface area (Å²) in [5.74, 6) is 0.250. The molecule has 3 rings (SSSR count). The standard InChI is InChI=1S/C20H21N3O4/c1-3-17-19(25)23(20(26)22-17)12-13-4-6-14(7-5-13)18(24)21-15-8-10-16(27-2)11-9-15/h4-11,17H,3,12H2,1-2H3,(H,21,24)(H,22,26). The summed E-state index contributed by atoms with van der Waals surface area (Å²) in [7, 11) is 1.58. The van der Waals surface area contributed by atoms with Crippen molar-refractivity contribution in [1.82, 2.24) is 10.2 Å². The number of rotatable bonds is 6. The minimum atomic E-state index is -0.452. The van der Waals surface area contributed by atoms with Gasteiger partial charge in [-0.2, -0.15) is 0 Å². The Labute approximate surface area is 157 Å². The number of nitrogens with one attached hydrogen (secondary N) is 2. The number of benzene rings is 2. The lowest BCUT2D eigenvalue weighted by Crippen LogP contribution is -2.30. The second kappa shape index (κ2) is 7.90. The summed E-state index contributed by atoms with van der Waals surface area (Å²) in [6, 6.07) is 13.0. The summed E-state index contributed by atoms with van der Waals surface area (Å²) < 4.78 is 5.09. The van der Waals surface area contributed by atoms with Crippen molar-refractivity contribution >= 4 is 23.5 Å². The summed E-state index contributed by atoms with van der Waals surface area (Å²) >= 11 is 0. The van der Waals surface area contributed by atoms with Crippen LogP contribution in [-0.2, 0) is 11.3 Å². The van der Waals surface area contributed by atoms with Gasteiger partial charge in [0.25, 0.3) is 11.8 Å². The number of anilines is 1. The number of imide groups is 1. The molecule has 0 bridgehead atoms. The van der Waals surface area contributed by atoms with Crippen molar-refractivity contribution in [3.8, 4) is 5.75 Å². The Morgan fingerprint density at radius 3 is 2.33 bits per heavy atom. The zero-order chi connectivity index (χ0) is 19.4. The van der Waals surface area contributed by atoms with E-state index in [-0.39, 0.29) is 24.4 Å². The van der Waals surface area contributed by atoms with Gasteiger partial charge < -0.3 is 15.4 Å². The molecular weight excluding hydrogens is 346 g/mol. The van der Waals surface area contributed by atoms with E-state index < -0.39 is 6.04 Å². The SMILES string of the molecule is CCC1NC(=O)N(Cc2ccc(C(=O)Nc3ccc(OC)cc3)cc2)C1=O. The molecule has 2 aromatic rings. The molecule has 1 fully saturated rings. The molecule has 0 aliphatic carbocycles. The molecule has 140 valence electrons. The maximum absolute atomic E-state index is 12.3. The van der Waals surface area contributed by atoms with Crippen LogP contribution in [-0.4, -0.2) is 35.9 Å². The van der Waals surface area contributed by atoms with Crippen LogP contribution in [0.5, 0.6) is 5.75 Å². The van der Waals surface area contributed by atoms with Crippen LogP contribution in [0.1, 0.15) is 29.3 Å². The van der Waals surface area contributed by atoms with Crippen molar-refractivity contribution in [2.75, 3.05) is 12.4 Å². The van der Waals surface area contributed by atoms with Crippen LogP contribution in [0.4, 0.5) is 10.5 Å². The number of carbonyl (C=O) groups excluding carboxylic acids is 3. The number of hydrogen-bond acceptors (Lipinski definition) is 4. The third-order valence-electron chi connectivity index (χ3n) is 4.42. The van der Waals surface area contributed by atoms with Crippen LogP contribution in [0.3, 0.4) is 0 Å². The summed E-state index contributed by atoms with van der Waals surface area (Å²) in [4.78, 5) is 37.6. The van der Waals surface area contributed by atoms with Gasteiger partial charge in [-0.1, -0.05) is 19.1 Å². The largest absolute Gasteiger partial charge is 0.497 e. The molecule has 1 unspecified atom stereocenters. The average molecular weight is 367 g/mol. The van der Waals surface area contributed by atoms with Crippen LogP contribution in [0.2, 0.25) is 0 Å². The van der Waals surface area contributed by atoms with Gasteiger partial charge in [0, 0.05) is 11.3 Å². The number of hydrogen-bond donors (Lipinski definition) is 2.